The summed E-state index contributed by atoms with van der Waals surface area (Å²) in [7, 11) is 0. The van der Waals surface area contributed by atoms with Crippen LogP contribution < -0.4 is 10.6 Å². The van der Waals surface area contributed by atoms with Gasteiger partial charge in [0.1, 0.15) is 0 Å². The number of carbonyl (C=O) groups excluding carboxylic acids is 1. The summed E-state index contributed by atoms with van der Waals surface area (Å²) < 4.78 is 1.72. The molecule has 2 heterocycles. The Morgan fingerprint density at radius 2 is 2.30 bits per heavy atom. The highest BCUT2D eigenvalue weighted by Crippen LogP contribution is 2.20. The molecule has 1 aromatic heterocycles. The standard InChI is InChI=1S/C13H14ClN5O/c1-8-2-3-9(4-11(8)14)16-13(20)12-7-19(18-17-12)10-5-15-6-10/h2-4,7,10,15H,5-6H2,1H3,(H,16,20). The van der Waals surface area contributed by atoms with Gasteiger partial charge in [-0.3, -0.25) is 4.79 Å². The number of nitrogens with one attached hydrogen (secondary N) is 2. The highest BCUT2D eigenvalue weighted by Gasteiger charge is 2.21. The average molecular weight is 292 g/mol. The van der Waals surface area contributed by atoms with Crippen molar-refractivity contribution in [2.45, 2.75) is 13.0 Å². The van der Waals surface area contributed by atoms with Crippen LogP contribution in [0.4, 0.5) is 5.69 Å². The maximum Gasteiger partial charge on any atom is 0.277 e. The van der Waals surface area contributed by atoms with Crippen molar-refractivity contribution >= 4 is 23.2 Å². The van der Waals surface area contributed by atoms with Crippen LogP contribution in [0.3, 0.4) is 0 Å². The van der Waals surface area contributed by atoms with E-state index < -0.39 is 0 Å². The molecule has 0 radical (unpaired) electrons. The number of benzene rings is 1. The van der Waals surface area contributed by atoms with Crippen molar-refractivity contribution in [2.75, 3.05) is 18.4 Å². The summed E-state index contributed by atoms with van der Waals surface area (Å²) in [5, 5.41) is 14.4. The minimum absolute atomic E-state index is 0.288. The number of nitrogens with zero attached hydrogens (tertiary/aromatic N) is 3. The number of aromatic nitrogens is 3. The fourth-order valence-corrected chi connectivity index (χ4v) is 2.07. The number of amides is 1. The summed E-state index contributed by atoms with van der Waals surface area (Å²) in [5.74, 6) is -0.288. The molecule has 1 aliphatic heterocycles. The first kappa shape index (κ1) is 13.1. The minimum Gasteiger partial charge on any atom is -0.320 e. The highest BCUT2D eigenvalue weighted by molar-refractivity contribution is 6.31. The topological polar surface area (TPSA) is 71.8 Å². The lowest BCUT2D eigenvalue weighted by Gasteiger charge is -2.26. The molecule has 1 amide bonds. The van der Waals surface area contributed by atoms with Gasteiger partial charge in [-0.05, 0) is 24.6 Å². The Hall–Kier alpha value is -1.92. The van der Waals surface area contributed by atoms with Crippen molar-refractivity contribution in [1.29, 1.82) is 0 Å². The predicted octanol–water partition coefficient (Wildman–Crippen LogP) is 1.64. The molecule has 7 heteroatoms. The fourth-order valence-electron chi connectivity index (χ4n) is 1.89. The summed E-state index contributed by atoms with van der Waals surface area (Å²) in [6, 6.07) is 5.67. The van der Waals surface area contributed by atoms with Crippen molar-refractivity contribution in [3.8, 4) is 0 Å². The molecule has 0 spiro atoms. The molecule has 0 aliphatic carbocycles. The Bertz CT molecular complexity index is 650. The third-order valence-corrected chi connectivity index (χ3v) is 3.71. The number of hydrogen-bond acceptors (Lipinski definition) is 4. The first-order valence-corrected chi connectivity index (χ1v) is 6.71. The molecular weight excluding hydrogens is 278 g/mol. The fraction of sp³-hybridized carbons (Fsp3) is 0.308. The lowest BCUT2D eigenvalue weighted by Crippen LogP contribution is -2.43. The number of anilines is 1. The van der Waals surface area contributed by atoms with E-state index in [1.165, 1.54) is 0 Å². The van der Waals surface area contributed by atoms with E-state index in [1.54, 1.807) is 23.0 Å². The first-order valence-electron chi connectivity index (χ1n) is 6.33. The molecule has 0 unspecified atom stereocenters. The molecule has 2 N–H and O–H groups in total. The van der Waals surface area contributed by atoms with Gasteiger partial charge in [0, 0.05) is 23.8 Å². The molecule has 0 atom stereocenters. The maximum atomic E-state index is 12.1. The lowest BCUT2D eigenvalue weighted by molar-refractivity contribution is 0.102. The number of rotatable bonds is 3. The van der Waals surface area contributed by atoms with Crippen LogP contribution in [-0.2, 0) is 0 Å². The van der Waals surface area contributed by atoms with Crippen molar-refractivity contribution in [2.24, 2.45) is 0 Å². The average Bonchev–Trinajstić information content (AvgIpc) is 2.81. The molecule has 0 saturated carbocycles. The van der Waals surface area contributed by atoms with Gasteiger partial charge in [-0.1, -0.05) is 22.9 Å². The smallest absolute Gasteiger partial charge is 0.277 e. The van der Waals surface area contributed by atoms with Crippen molar-refractivity contribution < 1.29 is 4.79 Å². The van der Waals surface area contributed by atoms with Gasteiger partial charge in [-0.2, -0.15) is 0 Å². The quantitative estimate of drug-likeness (QED) is 0.902. The molecule has 3 rings (SSSR count). The Morgan fingerprint density at radius 1 is 1.50 bits per heavy atom. The summed E-state index contributed by atoms with van der Waals surface area (Å²) in [6.45, 7) is 3.63. The van der Waals surface area contributed by atoms with Crippen LogP contribution in [0.15, 0.2) is 24.4 Å². The summed E-state index contributed by atoms with van der Waals surface area (Å²) in [5.41, 5.74) is 1.91. The van der Waals surface area contributed by atoms with Crippen LogP contribution in [0.1, 0.15) is 22.1 Å². The van der Waals surface area contributed by atoms with Gasteiger partial charge >= 0.3 is 0 Å². The SMILES string of the molecule is Cc1ccc(NC(=O)c2cn(C3CNC3)nn2)cc1Cl. The second-order valence-electron chi connectivity index (χ2n) is 4.81. The summed E-state index contributed by atoms with van der Waals surface area (Å²) in [4.78, 5) is 12.1. The van der Waals surface area contributed by atoms with Gasteiger partial charge in [0.25, 0.3) is 5.91 Å². The van der Waals surface area contributed by atoms with Crippen LogP contribution in [0.5, 0.6) is 0 Å². The molecule has 2 aromatic rings. The highest BCUT2D eigenvalue weighted by atomic mass is 35.5. The molecule has 1 fully saturated rings. The van der Waals surface area contributed by atoms with Crippen molar-refractivity contribution in [3.05, 3.63) is 40.7 Å². The van der Waals surface area contributed by atoms with E-state index in [-0.39, 0.29) is 11.9 Å². The summed E-state index contributed by atoms with van der Waals surface area (Å²) >= 11 is 6.03. The normalized spacial score (nSPS) is 14.9. The monoisotopic (exact) mass is 291 g/mol. The molecule has 1 saturated heterocycles. The van der Waals surface area contributed by atoms with Crippen LogP contribution in [-0.4, -0.2) is 34.0 Å². The number of hydrogen-bond donors (Lipinski definition) is 2. The Kier molecular flexibility index (Phi) is 3.42. The van der Waals surface area contributed by atoms with E-state index in [2.05, 4.69) is 20.9 Å². The van der Waals surface area contributed by atoms with Gasteiger partial charge in [0.05, 0.1) is 12.2 Å². The Labute approximate surface area is 121 Å². The van der Waals surface area contributed by atoms with E-state index in [0.717, 1.165) is 18.7 Å². The van der Waals surface area contributed by atoms with E-state index in [1.807, 2.05) is 13.0 Å². The number of carbonyl (C=O) groups is 1. The Morgan fingerprint density at radius 3 is 2.95 bits per heavy atom. The molecule has 1 aromatic carbocycles. The molecule has 0 bridgehead atoms. The first-order chi connectivity index (χ1) is 9.63. The van der Waals surface area contributed by atoms with Gasteiger partial charge < -0.3 is 10.6 Å². The van der Waals surface area contributed by atoms with Crippen molar-refractivity contribution in [1.82, 2.24) is 20.3 Å². The van der Waals surface area contributed by atoms with Gasteiger partial charge in [0.2, 0.25) is 0 Å². The van der Waals surface area contributed by atoms with Gasteiger partial charge in [-0.15, -0.1) is 5.10 Å². The molecule has 104 valence electrons. The molecule has 6 nitrogen and oxygen atoms in total. The van der Waals surface area contributed by atoms with Crippen LogP contribution >= 0.6 is 11.6 Å². The van der Waals surface area contributed by atoms with Crippen molar-refractivity contribution in [3.63, 3.8) is 0 Å². The number of halogens is 1. The largest absolute Gasteiger partial charge is 0.320 e. The lowest BCUT2D eigenvalue weighted by atomic mass is 10.2. The molecule has 1 aliphatic rings. The molecular formula is C13H14ClN5O. The molecule has 20 heavy (non-hydrogen) atoms. The van der Waals surface area contributed by atoms with E-state index in [0.29, 0.717) is 16.4 Å². The zero-order chi connectivity index (χ0) is 14.1. The second-order valence-corrected chi connectivity index (χ2v) is 5.22. The second kappa shape index (κ2) is 5.22. The van der Waals surface area contributed by atoms with Crippen LogP contribution in [0.2, 0.25) is 5.02 Å². The van der Waals surface area contributed by atoms with Crippen LogP contribution in [0.25, 0.3) is 0 Å². The number of aryl methyl sites for hydroxylation is 1. The van der Waals surface area contributed by atoms with E-state index >= 15 is 0 Å². The third kappa shape index (κ3) is 2.52. The minimum atomic E-state index is -0.288. The van der Waals surface area contributed by atoms with Gasteiger partial charge in [0.15, 0.2) is 5.69 Å². The van der Waals surface area contributed by atoms with Gasteiger partial charge in [-0.25, -0.2) is 4.68 Å². The van der Waals surface area contributed by atoms with E-state index in [4.69, 9.17) is 11.6 Å². The zero-order valence-electron chi connectivity index (χ0n) is 10.9. The van der Waals surface area contributed by atoms with Crippen LogP contribution in [0, 0.1) is 6.92 Å². The van der Waals surface area contributed by atoms with E-state index in [9.17, 15) is 4.79 Å². The predicted molar refractivity (Wildman–Crippen MR) is 76.1 cm³/mol. The third-order valence-electron chi connectivity index (χ3n) is 3.31. The summed E-state index contributed by atoms with van der Waals surface area (Å²) in [6.07, 6.45) is 1.66. The maximum absolute atomic E-state index is 12.1. The Balaban J connectivity index is 1.71. The zero-order valence-corrected chi connectivity index (χ0v) is 11.7.